The van der Waals surface area contributed by atoms with Crippen molar-refractivity contribution in [3.63, 3.8) is 0 Å². The van der Waals surface area contributed by atoms with Gasteiger partial charge in [-0.1, -0.05) is 11.2 Å². The first-order chi connectivity index (χ1) is 11.6. The summed E-state index contributed by atoms with van der Waals surface area (Å²) in [7, 11) is 0. The summed E-state index contributed by atoms with van der Waals surface area (Å²) in [5.41, 5.74) is 3.21. The predicted octanol–water partition coefficient (Wildman–Crippen LogP) is 3.47. The van der Waals surface area contributed by atoms with E-state index in [2.05, 4.69) is 16.2 Å². The monoisotopic (exact) mass is 323 g/mol. The second kappa shape index (κ2) is 5.63. The van der Waals surface area contributed by atoms with Crippen molar-refractivity contribution in [3.8, 4) is 11.7 Å². The number of aryl methyl sites for hydroxylation is 2. The summed E-state index contributed by atoms with van der Waals surface area (Å²) in [6.45, 7) is 4.62. The standard InChI is InChI=1S/C18H17N3O3/c1-11-6-12(2)8-14(7-11)21-10-13(9-16(21)22)17-19-18(24-20-17)15-4-3-5-23-15/h3-8,13H,9-10H2,1-2H3. The van der Waals surface area contributed by atoms with Crippen LogP contribution in [-0.2, 0) is 4.79 Å². The third-order valence-corrected chi connectivity index (χ3v) is 4.18. The molecule has 1 aliphatic heterocycles. The van der Waals surface area contributed by atoms with E-state index in [0.29, 0.717) is 30.4 Å². The molecule has 3 aromatic rings. The van der Waals surface area contributed by atoms with Crippen LogP contribution in [0.4, 0.5) is 5.69 Å². The topological polar surface area (TPSA) is 72.4 Å². The molecule has 1 amide bonds. The van der Waals surface area contributed by atoms with Crippen LogP contribution < -0.4 is 4.90 Å². The van der Waals surface area contributed by atoms with Crippen LogP contribution in [0.15, 0.2) is 45.5 Å². The number of rotatable bonds is 3. The zero-order valence-corrected chi connectivity index (χ0v) is 13.5. The highest BCUT2D eigenvalue weighted by atomic mass is 16.5. The highest BCUT2D eigenvalue weighted by Crippen LogP contribution is 2.32. The number of benzene rings is 1. The van der Waals surface area contributed by atoms with Gasteiger partial charge in [0.25, 0.3) is 5.89 Å². The Balaban J connectivity index is 1.58. The van der Waals surface area contributed by atoms with Gasteiger partial charge in [0.2, 0.25) is 5.91 Å². The minimum Gasteiger partial charge on any atom is -0.459 e. The zero-order chi connectivity index (χ0) is 16.7. The number of hydrogen-bond acceptors (Lipinski definition) is 5. The first kappa shape index (κ1) is 14.7. The van der Waals surface area contributed by atoms with E-state index in [0.717, 1.165) is 16.8 Å². The maximum absolute atomic E-state index is 12.4. The Hall–Kier alpha value is -2.89. The van der Waals surface area contributed by atoms with Crippen LogP contribution in [0.5, 0.6) is 0 Å². The van der Waals surface area contributed by atoms with Crippen LogP contribution in [0.3, 0.4) is 0 Å². The molecule has 0 spiro atoms. The summed E-state index contributed by atoms with van der Waals surface area (Å²) in [6, 6.07) is 9.67. The number of anilines is 1. The number of aromatic nitrogens is 2. The van der Waals surface area contributed by atoms with Crippen molar-refractivity contribution in [3.05, 3.63) is 53.5 Å². The van der Waals surface area contributed by atoms with E-state index in [1.807, 2.05) is 26.0 Å². The molecule has 1 atom stereocenters. The molecule has 1 aliphatic rings. The minimum absolute atomic E-state index is 0.0780. The molecule has 4 rings (SSSR count). The van der Waals surface area contributed by atoms with Gasteiger partial charge in [0.15, 0.2) is 11.6 Å². The summed E-state index contributed by atoms with van der Waals surface area (Å²) in [6.07, 6.45) is 1.93. The summed E-state index contributed by atoms with van der Waals surface area (Å²) in [4.78, 5) is 18.6. The van der Waals surface area contributed by atoms with Crippen LogP contribution in [0, 0.1) is 13.8 Å². The Morgan fingerprint density at radius 3 is 2.71 bits per heavy atom. The third kappa shape index (κ3) is 2.60. The molecule has 1 fully saturated rings. The fraction of sp³-hybridized carbons (Fsp3) is 0.278. The SMILES string of the molecule is Cc1cc(C)cc(N2CC(c3noc(-c4ccco4)n3)CC2=O)c1. The Bertz CT molecular complexity index is 863. The predicted molar refractivity (Wildman–Crippen MR) is 87.6 cm³/mol. The first-order valence-electron chi connectivity index (χ1n) is 7.86. The molecule has 0 aliphatic carbocycles. The molecular formula is C18H17N3O3. The summed E-state index contributed by atoms with van der Waals surface area (Å²) in [5.74, 6) is 1.42. The van der Waals surface area contributed by atoms with Crippen molar-refractivity contribution in [2.24, 2.45) is 0 Å². The molecule has 0 radical (unpaired) electrons. The largest absolute Gasteiger partial charge is 0.459 e. The molecule has 0 saturated carbocycles. The normalized spacial score (nSPS) is 17.7. The van der Waals surface area contributed by atoms with Gasteiger partial charge in [0.1, 0.15) is 0 Å². The average Bonchev–Trinajstić information content (AvgIpc) is 3.26. The molecular weight excluding hydrogens is 306 g/mol. The fourth-order valence-corrected chi connectivity index (χ4v) is 3.14. The quantitative estimate of drug-likeness (QED) is 0.738. The van der Waals surface area contributed by atoms with Gasteiger partial charge >= 0.3 is 0 Å². The molecule has 1 aromatic carbocycles. The van der Waals surface area contributed by atoms with Crippen LogP contribution >= 0.6 is 0 Å². The summed E-state index contributed by atoms with van der Waals surface area (Å²) < 4.78 is 10.5. The van der Waals surface area contributed by atoms with E-state index in [-0.39, 0.29) is 11.8 Å². The maximum Gasteiger partial charge on any atom is 0.293 e. The number of hydrogen-bond donors (Lipinski definition) is 0. The van der Waals surface area contributed by atoms with E-state index in [9.17, 15) is 4.79 Å². The summed E-state index contributed by atoms with van der Waals surface area (Å²) in [5, 5.41) is 4.03. The van der Waals surface area contributed by atoms with Crippen molar-refractivity contribution >= 4 is 11.6 Å². The Morgan fingerprint density at radius 1 is 1.21 bits per heavy atom. The minimum atomic E-state index is -0.0780. The first-order valence-corrected chi connectivity index (χ1v) is 7.86. The molecule has 0 bridgehead atoms. The van der Waals surface area contributed by atoms with Gasteiger partial charge in [0, 0.05) is 24.6 Å². The lowest BCUT2D eigenvalue weighted by Gasteiger charge is -2.17. The zero-order valence-electron chi connectivity index (χ0n) is 13.5. The number of nitrogens with zero attached hydrogens (tertiary/aromatic N) is 3. The molecule has 6 nitrogen and oxygen atoms in total. The van der Waals surface area contributed by atoms with Crippen molar-refractivity contribution in [1.29, 1.82) is 0 Å². The number of amides is 1. The highest BCUT2D eigenvalue weighted by Gasteiger charge is 2.35. The lowest BCUT2D eigenvalue weighted by molar-refractivity contribution is -0.117. The molecule has 2 aromatic heterocycles. The van der Waals surface area contributed by atoms with Crippen LogP contribution in [-0.4, -0.2) is 22.6 Å². The average molecular weight is 323 g/mol. The maximum atomic E-state index is 12.4. The van der Waals surface area contributed by atoms with E-state index in [4.69, 9.17) is 8.94 Å². The number of furan rings is 1. The number of carbonyl (C=O) groups excluding carboxylic acids is 1. The Morgan fingerprint density at radius 2 is 2.00 bits per heavy atom. The van der Waals surface area contributed by atoms with E-state index >= 15 is 0 Å². The molecule has 6 heteroatoms. The third-order valence-electron chi connectivity index (χ3n) is 4.18. The van der Waals surface area contributed by atoms with Crippen LogP contribution in [0.2, 0.25) is 0 Å². The van der Waals surface area contributed by atoms with E-state index in [1.165, 1.54) is 0 Å². The van der Waals surface area contributed by atoms with Gasteiger partial charge in [-0.2, -0.15) is 4.98 Å². The molecule has 122 valence electrons. The van der Waals surface area contributed by atoms with Crippen molar-refractivity contribution < 1.29 is 13.7 Å². The van der Waals surface area contributed by atoms with Gasteiger partial charge in [-0.05, 0) is 49.2 Å². The molecule has 3 heterocycles. The van der Waals surface area contributed by atoms with Gasteiger partial charge in [-0.15, -0.1) is 0 Å². The highest BCUT2D eigenvalue weighted by molar-refractivity contribution is 5.96. The van der Waals surface area contributed by atoms with Gasteiger partial charge in [0.05, 0.1) is 6.26 Å². The lowest BCUT2D eigenvalue weighted by Crippen LogP contribution is -2.24. The fourth-order valence-electron chi connectivity index (χ4n) is 3.14. The Kier molecular flexibility index (Phi) is 3.45. The van der Waals surface area contributed by atoms with Gasteiger partial charge < -0.3 is 13.8 Å². The van der Waals surface area contributed by atoms with Crippen LogP contribution in [0.1, 0.15) is 29.3 Å². The second-order valence-corrected chi connectivity index (χ2v) is 6.19. The second-order valence-electron chi connectivity index (χ2n) is 6.19. The van der Waals surface area contributed by atoms with Gasteiger partial charge in [-0.25, -0.2) is 0 Å². The molecule has 0 N–H and O–H groups in total. The molecule has 1 saturated heterocycles. The van der Waals surface area contributed by atoms with E-state index < -0.39 is 0 Å². The van der Waals surface area contributed by atoms with Gasteiger partial charge in [-0.3, -0.25) is 4.79 Å². The Labute approximate surface area is 139 Å². The number of carbonyl (C=O) groups is 1. The summed E-state index contributed by atoms with van der Waals surface area (Å²) >= 11 is 0. The van der Waals surface area contributed by atoms with Crippen molar-refractivity contribution in [2.75, 3.05) is 11.4 Å². The lowest BCUT2D eigenvalue weighted by atomic mass is 10.1. The smallest absolute Gasteiger partial charge is 0.293 e. The van der Waals surface area contributed by atoms with Crippen molar-refractivity contribution in [1.82, 2.24) is 10.1 Å². The van der Waals surface area contributed by atoms with E-state index in [1.54, 1.807) is 23.3 Å². The van der Waals surface area contributed by atoms with Crippen molar-refractivity contribution in [2.45, 2.75) is 26.2 Å². The van der Waals surface area contributed by atoms with Crippen LogP contribution in [0.25, 0.3) is 11.7 Å². The molecule has 1 unspecified atom stereocenters. The molecule has 24 heavy (non-hydrogen) atoms.